The fourth-order valence-corrected chi connectivity index (χ4v) is 3.38. The van der Waals surface area contributed by atoms with Crippen molar-refractivity contribution >= 4 is 17.7 Å². The lowest BCUT2D eigenvalue weighted by molar-refractivity contribution is 0.961. The van der Waals surface area contributed by atoms with E-state index < -0.39 is 0 Å². The summed E-state index contributed by atoms with van der Waals surface area (Å²) in [5, 5.41) is 3.30. The Morgan fingerprint density at radius 1 is 0.960 bits per heavy atom. The second-order valence-corrected chi connectivity index (χ2v) is 6.91. The first kappa shape index (κ1) is 17.4. The molecule has 25 heavy (non-hydrogen) atoms. The predicted molar refractivity (Wildman–Crippen MR) is 106 cm³/mol. The molecule has 5 heteroatoms. The SMILES string of the molecule is Cc1cccc(CSCCCNc2nccc(-c3ccccn3)n2)c1. The van der Waals surface area contributed by atoms with Crippen LogP contribution < -0.4 is 5.32 Å². The first-order chi connectivity index (χ1) is 12.3. The monoisotopic (exact) mass is 350 g/mol. The number of rotatable bonds is 8. The van der Waals surface area contributed by atoms with Crippen molar-refractivity contribution in [1.82, 2.24) is 15.0 Å². The Kier molecular flexibility index (Phi) is 6.40. The molecular formula is C20H22N4S. The molecule has 0 aliphatic heterocycles. The molecule has 1 aromatic carbocycles. The minimum atomic E-state index is 0.659. The van der Waals surface area contributed by atoms with Crippen molar-refractivity contribution in [2.24, 2.45) is 0 Å². The van der Waals surface area contributed by atoms with Gasteiger partial charge in [-0.15, -0.1) is 0 Å². The lowest BCUT2D eigenvalue weighted by atomic mass is 10.2. The van der Waals surface area contributed by atoms with Crippen LogP contribution in [0.5, 0.6) is 0 Å². The zero-order chi connectivity index (χ0) is 17.3. The number of aromatic nitrogens is 3. The van der Waals surface area contributed by atoms with Gasteiger partial charge in [0.05, 0.1) is 11.4 Å². The fraction of sp³-hybridized carbons (Fsp3) is 0.250. The van der Waals surface area contributed by atoms with E-state index in [4.69, 9.17) is 0 Å². The molecule has 0 radical (unpaired) electrons. The van der Waals surface area contributed by atoms with E-state index in [1.165, 1.54) is 11.1 Å². The zero-order valence-electron chi connectivity index (χ0n) is 14.4. The van der Waals surface area contributed by atoms with Gasteiger partial charge in [-0.2, -0.15) is 11.8 Å². The summed E-state index contributed by atoms with van der Waals surface area (Å²) >= 11 is 1.96. The molecule has 0 aliphatic carbocycles. The number of nitrogens with zero attached hydrogens (tertiary/aromatic N) is 3. The Balaban J connectivity index is 1.41. The van der Waals surface area contributed by atoms with Gasteiger partial charge in [-0.3, -0.25) is 4.98 Å². The number of anilines is 1. The number of pyridine rings is 1. The Morgan fingerprint density at radius 3 is 2.76 bits per heavy atom. The van der Waals surface area contributed by atoms with Crippen molar-refractivity contribution in [2.45, 2.75) is 19.1 Å². The molecule has 3 rings (SSSR count). The van der Waals surface area contributed by atoms with Crippen molar-refractivity contribution in [3.63, 3.8) is 0 Å². The van der Waals surface area contributed by atoms with Gasteiger partial charge in [-0.1, -0.05) is 35.9 Å². The van der Waals surface area contributed by atoms with Crippen molar-refractivity contribution < 1.29 is 0 Å². The molecule has 0 atom stereocenters. The highest BCUT2D eigenvalue weighted by molar-refractivity contribution is 7.98. The Bertz CT molecular complexity index is 792. The summed E-state index contributed by atoms with van der Waals surface area (Å²) in [6.07, 6.45) is 4.62. The van der Waals surface area contributed by atoms with E-state index >= 15 is 0 Å². The highest BCUT2D eigenvalue weighted by atomic mass is 32.2. The van der Waals surface area contributed by atoms with Gasteiger partial charge >= 0.3 is 0 Å². The molecule has 2 aromatic heterocycles. The standard InChI is InChI=1S/C20H22N4S/c1-16-6-4-7-17(14-16)15-25-13-5-11-22-20-23-12-9-19(24-20)18-8-2-3-10-21-18/h2-4,6-10,12,14H,5,11,13,15H2,1H3,(H,22,23,24). The van der Waals surface area contributed by atoms with Gasteiger partial charge in [0.15, 0.2) is 0 Å². The molecule has 0 unspecified atom stereocenters. The number of hydrogen-bond acceptors (Lipinski definition) is 5. The van der Waals surface area contributed by atoms with Crippen molar-refractivity contribution in [1.29, 1.82) is 0 Å². The lowest BCUT2D eigenvalue weighted by Gasteiger charge is -2.07. The molecule has 0 saturated heterocycles. The van der Waals surface area contributed by atoms with Gasteiger partial charge in [0.25, 0.3) is 0 Å². The highest BCUT2D eigenvalue weighted by Gasteiger charge is 2.02. The quantitative estimate of drug-likeness (QED) is 0.603. The summed E-state index contributed by atoms with van der Waals surface area (Å²) in [5.74, 6) is 2.83. The Morgan fingerprint density at radius 2 is 1.92 bits per heavy atom. The number of thioether (sulfide) groups is 1. The largest absolute Gasteiger partial charge is 0.354 e. The van der Waals surface area contributed by atoms with E-state index in [-0.39, 0.29) is 0 Å². The molecule has 3 aromatic rings. The van der Waals surface area contributed by atoms with Crippen LogP contribution in [0, 0.1) is 6.92 Å². The molecular weight excluding hydrogens is 328 g/mol. The molecule has 0 saturated carbocycles. The van der Waals surface area contributed by atoms with E-state index in [9.17, 15) is 0 Å². The molecule has 4 nitrogen and oxygen atoms in total. The average Bonchev–Trinajstić information content (AvgIpc) is 2.66. The molecule has 128 valence electrons. The van der Waals surface area contributed by atoms with Gasteiger partial charge in [-0.25, -0.2) is 9.97 Å². The van der Waals surface area contributed by atoms with Gasteiger partial charge < -0.3 is 5.32 Å². The van der Waals surface area contributed by atoms with Crippen LogP contribution in [0.25, 0.3) is 11.4 Å². The van der Waals surface area contributed by atoms with E-state index in [1.807, 2.05) is 36.0 Å². The topological polar surface area (TPSA) is 50.7 Å². The van der Waals surface area contributed by atoms with E-state index in [1.54, 1.807) is 12.4 Å². The number of aryl methyl sites for hydroxylation is 1. The molecule has 0 fully saturated rings. The normalized spacial score (nSPS) is 10.6. The van der Waals surface area contributed by atoms with Crippen LogP contribution in [0.2, 0.25) is 0 Å². The van der Waals surface area contributed by atoms with Crippen LogP contribution >= 0.6 is 11.8 Å². The first-order valence-corrected chi connectivity index (χ1v) is 9.58. The lowest BCUT2D eigenvalue weighted by Crippen LogP contribution is -2.06. The third kappa shape index (κ3) is 5.57. The maximum Gasteiger partial charge on any atom is 0.223 e. The van der Waals surface area contributed by atoms with Crippen molar-refractivity contribution in [2.75, 3.05) is 17.6 Å². The summed E-state index contributed by atoms with van der Waals surface area (Å²) in [5.41, 5.74) is 4.42. The summed E-state index contributed by atoms with van der Waals surface area (Å²) in [7, 11) is 0. The Labute approximate surface area is 153 Å². The second-order valence-electron chi connectivity index (χ2n) is 5.80. The third-order valence-electron chi connectivity index (χ3n) is 3.68. The van der Waals surface area contributed by atoms with Crippen LogP contribution in [0.3, 0.4) is 0 Å². The smallest absolute Gasteiger partial charge is 0.223 e. The number of benzene rings is 1. The Hall–Kier alpha value is -2.40. The zero-order valence-corrected chi connectivity index (χ0v) is 15.2. The van der Waals surface area contributed by atoms with Crippen LogP contribution in [-0.2, 0) is 5.75 Å². The molecule has 0 aliphatic rings. The molecule has 0 bridgehead atoms. The summed E-state index contributed by atoms with van der Waals surface area (Å²) in [6.45, 7) is 3.00. The van der Waals surface area contributed by atoms with Gasteiger partial charge in [0.2, 0.25) is 5.95 Å². The second kappa shape index (κ2) is 9.18. The average molecular weight is 350 g/mol. The van der Waals surface area contributed by atoms with Crippen LogP contribution in [0.1, 0.15) is 17.5 Å². The van der Waals surface area contributed by atoms with E-state index in [0.717, 1.165) is 35.9 Å². The van der Waals surface area contributed by atoms with Crippen LogP contribution in [0.4, 0.5) is 5.95 Å². The van der Waals surface area contributed by atoms with Gasteiger partial charge in [0, 0.05) is 24.7 Å². The fourth-order valence-electron chi connectivity index (χ4n) is 2.47. The number of hydrogen-bond donors (Lipinski definition) is 1. The predicted octanol–water partition coefficient (Wildman–Crippen LogP) is 4.58. The molecule has 1 N–H and O–H groups in total. The van der Waals surface area contributed by atoms with Crippen molar-refractivity contribution in [3.05, 3.63) is 72.1 Å². The summed E-state index contributed by atoms with van der Waals surface area (Å²) < 4.78 is 0. The summed E-state index contributed by atoms with van der Waals surface area (Å²) in [6, 6.07) is 16.4. The maximum atomic E-state index is 4.53. The number of nitrogens with one attached hydrogen (secondary N) is 1. The minimum Gasteiger partial charge on any atom is -0.354 e. The van der Waals surface area contributed by atoms with Gasteiger partial charge in [-0.05, 0) is 42.9 Å². The molecule has 0 amide bonds. The van der Waals surface area contributed by atoms with Crippen LogP contribution in [-0.4, -0.2) is 27.2 Å². The van der Waals surface area contributed by atoms with Gasteiger partial charge in [0.1, 0.15) is 0 Å². The highest BCUT2D eigenvalue weighted by Crippen LogP contribution is 2.15. The maximum absolute atomic E-state index is 4.53. The van der Waals surface area contributed by atoms with Crippen LogP contribution in [0.15, 0.2) is 60.9 Å². The summed E-state index contributed by atoms with van der Waals surface area (Å²) in [4.78, 5) is 13.1. The van der Waals surface area contributed by atoms with Crippen molar-refractivity contribution in [3.8, 4) is 11.4 Å². The van der Waals surface area contributed by atoms with E-state index in [0.29, 0.717) is 5.95 Å². The molecule has 2 heterocycles. The first-order valence-electron chi connectivity index (χ1n) is 8.43. The third-order valence-corrected chi connectivity index (χ3v) is 4.80. The van der Waals surface area contributed by atoms with E-state index in [2.05, 4.69) is 51.5 Å². The molecule has 0 spiro atoms. The minimum absolute atomic E-state index is 0.659.